The molecule has 2 aromatic rings. The summed E-state index contributed by atoms with van der Waals surface area (Å²) >= 11 is 0. The van der Waals surface area contributed by atoms with Crippen molar-refractivity contribution in [1.29, 1.82) is 0 Å². The van der Waals surface area contributed by atoms with Gasteiger partial charge in [0.15, 0.2) is 5.65 Å². The van der Waals surface area contributed by atoms with Crippen molar-refractivity contribution >= 4 is 36.9 Å². The van der Waals surface area contributed by atoms with Gasteiger partial charge in [0.1, 0.15) is 0 Å². The van der Waals surface area contributed by atoms with E-state index in [4.69, 9.17) is 15.8 Å². The molecule has 0 aliphatic rings. The molecule has 2 rings (SSSR count). The van der Waals surface area contributed by atoms with Gasteiger partial charge in [-0.3, -0.25) is 0 Å². The van der Waals surface area contributed by atoms with E-state index in [2.05, 4.69) is 10.1 Å². The molecule has 0 fully saturated rings. The Kier molecular flexibility index (Phi) is 2.32. The van der Waals surface area contributed by atoms with E-state index < -0.39 is 20.2 Å². The molecular formula is C7H4ClN3O4S. The first-order valence-electron chi connectivity index (χ1n) is 3.93. The molecule has 0 aliphatic carbocycles. The van der Waals surface area contributed by atoms with Crippen LogP contribution >= 0.6 is 10.7 Å². The zero-order valence-electron chi connectivity index (χ0n) is 7.53. The van der Waals surface area contributed by atoms with Crippen molar-refractivity contribution in [2.24, 2.45) is 0 Å². The van der Waals surface area contributed by atoms with Gasteiger partial charge in [-0.05, 0) is 12.1 Å². The third-order valence-corrected chi connectivity index (χ3v) is 3.02. The lowest BCUT2D eigenvalue weighted by atomic mass is 10.4. The molecule has 2 aromatic heterocycles. The van der Waals surface area contributed by atoms with Crippen molar-refractivity contribution in [1.82, 2.24) is 14.8 Å². The second kappa shape index (κ2) is 3.42. The zero-order chi connectivity index (χ0) is 11.9. The van der Waals surface area contributed by atoms with Gasteiger partial charge in [-0.25, -0.2) is 18.2 Å². The van der Waals surface area contributed by atoms with Gasteiger partial charge in [0.2, 0.25) is 5.03 Å². The molecule has 0 aliphatic heterocycles. The number of halogens is 1. The number of carbonyl (C=O) groups is 1. The predicted octanol–water partition coefficient (Wildman–Crippen LogP) is 0.885. The number of nitrogens with zero attached hydrogens (tertiary/aromatic N) is 3. The van der Waals surface area contributed by atoms with E-state index in [9.17, 15) is 13.2 Å². The number of hydrogen-bond acceptors (Lipinski definition) is 5. The van der Waals surface area contributed by atoms with Gasteiger partial charge < -0.3 is 5.11 Å². The summed E-state index contributed by atoms with van der Waals surface area (Å²) in [5, 5.41) is 11.7. The van der Waals surface area contributed by atoms with E-state index in [0.717, 1.165) is 0 Å². The third-order valence-electron chi connectivity index (χ3n) is 1.82. The molecule has 0 saturated heterocycles. The van der Waals surface area contributed by atoms with Crippen molar-refractivity contribution in [2.75, 3.05) is 0 Å². The first-order valence-corrected chi connectivity index (χ1v) is 6.24. The lowest BCUT2D eigenvalue weighted by Gasteiger charge is -1.91. The molecule has 0 spiro atoms. The zero-order valence-corrected chi connectivity index (χ0v) is 9.10. The molecule has 0 amide bonds. The fraction of sp³-hybridized carbons (Fsp3) is 0. The molecule has 0 atom stereocenters. The number of hydrogen-bond donors (Lipinski definition) is 1. The van der Waals surface area contributed by atoms with Crippen LogP contribution in [0.15, 0.2) is 23.4 Å². The quantitative estimate of drug-likeness (QED) is 0.765. The van der Waals surface area contributed by atoms with Crippen LogP contribution in [-0.2, 0) is 9.05 Å². The number of fused-ring (bicyclic) bond motifs is 1. The highest BCUT2D eigenvalue weighted by Crippen LogP contribution is 2.23. The van der Waals surface area contributed by atoms with Crippen LogP contribution in [0.1, 0.15) is 0 Å². The summed E-state index contributed by atoms with van der Waals surface area (Å²) in [7, 11) is 1.03. The van der Waals surface area contributed by atoms with Crippen molar-refractivity contribution in [2.45, 2.75) is 5.03 Å². The summed E-state index contributed by atoms with van der Waals surface area (Å²) < 4.78 is 22.8. The highest BCUT2D eigenvalue weighted by atomic mass is 35.7. The topological polar surface area (TPSA) is 102 Å². The molecule has 0 radical (unpaired) electrons. The summed E-state index contributed by atoms with van der Waals surface area (Å²) in [4.78, 5) is 14.5. The van der Waals surface area contributed by atoms with E-state index in [1.165, 1.54) is 18.3 Å². The van der Waals surface area contributed by atoms with Gasteiger partial charge in [-0.15, -0.1) is 9.78 Å². The van der Waals surface area contributed by atoms with Crippen LogP contribution in [0.3, 0.4) is 0 Å². The molecule has 16 heavy (non-hydrogen) atoms. The van der Waals surface area contributed by atoms with E-state index in [-0.39, 0.29) is 11.0 Å². The van der Waals surface area contributed by atoms with Crippen LogP contribution in [0.25, 0.3) is 11.0 Å². The molecule has 9 heteroatoms. The van der Waals surface area contributed by atoms with E-state index >= 15 is 0 Å². The highest BCUT2D eigenvalue weighted by molar-refractivity contribution is 8.13. The number of pyridine rings is 1. The largest absolute Gasteiger partial charge is 0.463 e. The van der Waals surface area contributed by atoms with Gasteiger partial charge in [-0.1, -0.05) is 0 Å². The Labute approximate surface area is 93.7 Å². The van der Waals surface area contributed by atoms with Crippen LogP contribution in [0.4, 0.5) is 4.79 Å². The molecular weight excluding hydrogens is 258 g/mol. The Morgan fingerprint density at radius 1 is 1.50 bits per heavy atom. The molecule has 2 heterocycles. The van der Waals surface area contributed by atoms with Crippen molar-refractivity contribution < 1.29 is 18.3 Å². The number of carboxylic acid groups (broad SMARTS) is 1. The Morgan fingerprint density at radius 2 is 2.19 bits per heavy atom. The molecule has 7 nitrogen and oxygen atoms in total. The van der Waals surface area contributed by atoms with Crippen LogP contribution in [0, 0.1) is 0 Å². The Hall–Kier alpha value is -1.67. The fourth-order valence-corrected chi connectivity index (χ4v) is 2.18. The van der Waals surface area contributed by atoms with E-state index in [0.29, 0.717) is 4.68 Å². The normalized spacial score (nSPS) is 11.8. The summed E-state index contributed by atoms with van der Waals surface area (Å²) in [6.45, 7) is 0. The minimum atomic E-state index is -4.11. The highest BCUT2D eigenvalue weighted by Gasteiger charge is 2.23. The van der Waals surface area contributed by atoms with Gasteiger partial charge in [-0.2, -0.15) is 0 Å². The van der Waals surface area contributed by atoms with Crippen molar-refractivity contribution in [3.05, 3.63) is 18.3 Å². The maximum Gasteiger partial charge on any atom is 0.434 e. The van der Waals surface area contributed by atoms with Gasteiger partial charge in [0.05, 0.1) is 5.39 Å². The molecule has 0 bridgehead atoms. The van der Waals surface area contributed by atoms with Gasteiger partial charge >= 0.3 is 6.09 Å². The van der Waals surface area contributed by atoms with Crippen LogP contribution in [-0.4, -0.2) is 34.4 Å². The lowest BCUT2D eigenvalue weighted by Crippen LogP contribution is -2.10. The standard InChI is InChI=1S/C7H4ClN3O4S/c8-16(14,15)6-4-2-1-3-9-5(4)11(10-6)7(12)13/h1-3H,(H,12,13). The Bertz CT molecular complexity index is 678. The van der Waals surface area contributed by atoms with Crippen molar-refractivity contribution in [3.63, 3.8) is 0 Å². The SMILES string of the molecule is O=C(O)n1nc(S(=O)(=O)Cl)c2cccnc21. The van der Waals surface area contributed by atoms with E-state index in [1.54, 1.807) is 0 Å². The number of rotatable bonds is 1. The van der Waals surface area contributed by atoms with Gasteiger partial charge in [0, 0.05) is 16.9 Å². The third kappa shape index (κ3) is 1.61. The Morgan fingerprint density at radius 3 is 2.75 bits per heavy atom. The average Bonchev–Trinajstić information content (AvgIpc) is 2.56. The molecule has 0 unspecified atom stereocenters. The summed E-state index contributed by atoms with van der Waals surface area (Å²) in [5.74, 6) is 0. The van der Waals surface area contributed by atoms with E-state index in [1.807, 2.05) is 0 Å². The van der Waals surface area contributed by atoms with Crippen LogP contribution in [0.5, 0.6) is 0 Å². The molecule has 0 aromatic carbocycles. The monoisotopic (exact) mass is 261 g/mol. The van der Waals surface area contributed by atoms with Crippen LogP contribution in [0.2, 0.25) is 0 Å². The fourth-order valence-electron chi connectivity index (χ4n) is 1.24. The molecule has 84 valence electrons. The summed E-state index contributed by atoms with van der Waals surface area (Å²) in [5.41, 5.74) is -0.0748. The van der Waals surface area contributed by atoms with Gasteiger partial charge in [0.25, 0.3) is 9.05 Å². The van der Waals surface area contributed by atoms with Crippen LogP contribution < -0.4 is 0 Å². The first-order chi connectivity index (χ1) is 7.41. The first kappa shape index (κ1) is 10.8. The molecule has 0 saturated carbocycles. The number of aromatic nitrogens is 3. The Balaban J connectivity index is 2.93. The minimum absolute atomic E-state index is 0.0694. The summed E-state index contributed by atoms with van der Waals surface area (Å²) in [6.07, 6.45) is -0.107. The second-order valence-electron chi connectivity index (χ2n) is 2.81. The second-order valence-corrected chi connectivity index (χ2v) is 5.29. The smallest absolute Gasteiger partial charge is 0.434 e. The average molecular weight is 262 g/mol. The maximum absolute atomic E-state index is 11.2. The minimum Gasteiger partial charge on any atom is -0.463 e. The van der Waals surface area contributed by atoms with Crippen molar-refractivity contribution in [3.8, 4) is 0 Å². The molecule has 1 N–H and O–H groups in total. The maximum atomic E-state index is 11.2. The predicted molar refractivity (Wildman–Crippen MR) is 54.0 cm³/mol. The summed E-state index contributed by atoms with van der Waals surface area (Å²) in [6, 6.07) is 2.84. The lowest BCUT2D eigenvalue weighted by molar-refractivity contribution is 0.193.